The van der Waals surface area contributed by atoms with Gasteiger partial charge in [-0.25, -0.2) is 0 Å². The molecule has 0 aromatic heterocycles. The van der Waals surface area contributed by atoms with Crippen LogP contribution in [0.25, 0.3) is 0 Å². The Morgan fingerprint density at radius 1 is 0.750 bits per heavy atom. The average Bonchev–Trinajstić information content (AvgIpc) is 2.72. The predicted molar refractivity (Wildman–Crippen MR) is 105 cm³/mol. The average molecular weight is 391 g/mol. The van der Waals surface area contributed by atoms with Gasteiger partial charge in [-0.15, -0.1) is 0 Å². The van der Waals surface area contributed by atoms with Gasteiger partial charge in [-0.1, -0.05) is 28.1 Å². The molecule has 0 aliphatic carbocycles. The van der Waals surface area contributed by atoms with Crippen LogP contribution in [0, 0.1) is 0 Å². The third-order valence-corrected chi connectivity index (χ3v) is 4.86. The molecule has 1 saturated heterocycles. The summed E-state index contributed by atoms with van der Waals surface area (Å²) in [6.45, 7) is 8.18. The van der Waals surface area contributed by atoms with Crippen LogP contribution in [0.4, 0.5) is 11.4 Å². The first-order valence-electron chi connectivity index (χ1n) is 7.83. The molecule has 1 heterocycles. The van der Waals surface area contributed by atoms with E-state index < -0.39 is 0 Å². The number of hydrogen-bond acceptors (Lipinski definition) is 4. The molecule has 1 aliphatic rings. The molecule has 2 aromatic carbocycles. The van der Waals surface area contributed by atoms with Crippen LogP contribution < -0.4 is 16.9 Å². The lowest BCUT2D eigenvalue weighted by Crippen LogP contribution is -2.41. The molecule has 4 N–H and O–H groups in total. The number of nitrogens with two attached hydrogens (primary N) is 2. The van der Waals surface area contributed by atoms with Crippen molar-refractivity contribution in [1.29, 1.82) is 0 Å². The minimum atomic E-state index is -0.300. The Kier molecular flexibility index (Phi) is 5.63. The van der Waals surface area contributed by atoms with E-state index in [1.165, 1.54) is 0 Å². The Balaban J connectivity index is 0.000000219. The van der Waals surface area contributed by atoms with Gasteiger partial charge in [0.2, 0.25) is 0 Å². The number of hydrogen-bond donors (Lipinski definition) is 2. The van der Waals surface area contributed by atoms with E-state index in [0.29, 0.717) is 0 Å². The van der Waals surface area contributed by atoms with Crippen molar-refractivity contribution in [2.45, 2.75) is 38.9 Å². The molecule has 0 bridgehead atoms. The number of rotatable bonds is 1. The molecule has 0 unspecified atom stereocenters. The smallest absolute Gasteiger partial charge is 0.399 e. The second-order valence-corrected chi connectivity index (χ2v) is 7.72. The van der Waals surface area contributed by atoms with Crippen LogP contribution in [0.5, 0.6) is 0 Å². The van der Waals surface area contributed by atoms with Crippen LogP contribution in [0.2, 0.25) is 0 Å². The van der Waals surface area contributed by atoms with Crippen molar-refractivity contribution in [2.24, 2.45) is 0 Å². The van der Waals surface area contributed by atoms with E-state index in [4.69, 9.17) is 20.8 Å². The molecule has 0 saturated carbocycles. The zero-order valence-corrected chi connectivity index (χ0v) is 16.1. The second kappa shape index (κ2) is 7.17. The van der Waals surface area contributed by atoms with E-state index in [1.54, 1.807) is 0 Å². The summed E-state index contributed by atoms with van der Waals surface area (Å²) in [5.74, 6) is 0. The molecule has 0 spiro atoms. The standard InChI is InChI=1S/C12H18BNO2.C6H6BrN/c1-11(2)12(3,4)16-13(15-11)9-5-7-10(14)8-6-9;7-5-1-3-6(8)4-2-5/h5-8H,14H2,1-4H3;1-4H,8H2. The van der Waals surface area contributed by atoms with Crippen molar-refractivity contribution in [2.75, 3.05) is 11.5 Å². The minimum absolute atomic E-state index is 0.293. The monoisotopic (exact) mass is 390 g/mol. The normalized spacial score (nSPS) is 18.0. The number of anilines is 2. The third-order valence-electron chi connectivity index (χ3n) is 4.33. The van der Waals surface area contributed by atoms with Crippen molar-refractivity contribution < 1.29 is 9.31 Å². The number of benzene rings is 2. The SMILES string of the molecule is CC1(C)OB(c2ccc(N)cc2)OC1(C)C.Nc1ccc(Br)cc1. The van der Waals surface area contributed by atoms with Crippen molar-refractivity contribution in [1.82, 2.24) is 0 Å². The Morgan fingerprint density at radius 2 is 1.12 bits per heavy atom. The molecule has 0 radical (unpaired) electrons. The maximum Gasteiger partial charge on any atom is 0.494 e. The third kappa shape index (κ3) is 4.53. The van der Waals surface area contributed by atoms with E-state index in [9.17, 15) is 0 Å². The molecule has 24 heavy (non-hydrogen) atoms. The highest BCUT2D eigenvalue weighted by molar-refractivity contribution is 9.10. The van der Waals surface area contributed by atoms with Crippen LogP contribution in [0.1, 0.15) is 27.7 Å². The Bertz CT molecular complexity index is 635. The lowest BCUT2D eigenvalue weighted by atomic mass is 9.79. The van der Waals surface area contributed by atoms with Gasteiger partial charge in [-0.3, -0.25) is 0 Å². The first kappa shape index (κ1) is 18.8. The maximum absolute atomic E-state index is 5.93. The lowest BCUT2D eigenvalue weighted by Gasteiger charge is -2.32. The van der Waals surface area contributed by atoms with E-state index in [1.807, 2.05) is 76.2 Å². The quantitative estimate of drug-likeness (QED) is 0.576. The summed E-state index contributed by atoms with van der Waals surface area (Å²) in [4.78, 5) is 0. The largest absolute Gasteiger partial charge is 0.494 e. The predicted octanol–water partition coefficient (Wildman–Crippen LogP) is 3.60. The molecule has 6 heteroatoms. The van der Waals surface area contributed by atoms with Gasteiger partial charge in [0.1, 0.15) is 0 Å². The van der Waals surface area contributed by atoms with Crippen LogP contribution in [-0.2, 0) is 9.31 Å². The molecule has 0 atom stereocenters. The molecular weight excluding hydrogens is 367 g/mol. The molecular formula is C18H24BBrN2O2. The van der Waals surface area contributed by atoms with Crippen LogP contribution in [0.15, 0.2) is 53.0 Å². The molecule has 1 fully saturated rings. The molecule has 4 nitrogen and oxygen atoms in total. The van der Waals surface area contributed by atoms with Crippen molar-refractivity contribution in [3.05, 3.63) is 53.0 Å². The second-order valence-electron chi connectivity index (χ2n) is 6.81. The van der Waals surface area contributed by atoms with E-state index >= 15 is 0 Å². The first-order chi connectivity index (χ1) is 11.1. The summed E-state index contributed by atoms with van der Waals surface area (Å²) in [7, 11) is -0.300. The van der Waals surface area contributed by atoms with Crippen LogP contribution in [-0.4, -0.2) is 18.3 Å². The molecule has 0 amide bonds. The van der Waals surface area contributed by atoms with E-state index in [2.05, 4.69) is 15.9 Å². The number of halogens is 1. The Labute approximate surface area is 152 Å². The molecule has 3 rings (SSSR count). The Hall–Kier alpha value is -1.50. The van der Waals surface area contributed by atoms with Gasteiger partial charge in [-0.2, -0.15) is 0 Å². The molecule has 2 aromatic rings. The Morgan fingerprint density at radius 3 is 1.50 bits per heavy atom. The molecule has 1 aliphatic heterocycles. The molecule has 128 valence electrons. The van der Waals surface area contributed by atoms with Gasteiger partial charge in [0.25, 0.3) is 0 Å². The van der Waals surface area contributed by atoms with Crippen molar-refractivity contribution >= 4 is 39.9 Å². The first-order valence-corrected chi connectivity index (χ1v) is 8.62. The zero-order valence-electron chi connectivity index (χ0n) is 14.5. The summed E-state index contributed by atoms with van der Waals surface area (Å²) < 4.78 is 12.9. The van der Waals surface area contributed by atoms with Gasteiger partial charge in [0, 0.05) is 15.8 Å². The summed E-state index contributed by atoms with van der Waals surface area (Å²) in [6.07, 6.45) is 0. The number of nitrogen functional groups attached to an aromatic ring is 2. The summed E-state index contributed by atoms with van der Waals surface area (Å²) in [5.41, 5.74) is 13.0. The maximum atomic E-state index is 5.93. The highest BCUT2D eigenvalue weighted by Gasteiger charge is 2.51. The highest BCUT2D eigenvalue weighted by atomic mass is 79.9. The summed E-state index contributed by atoms with van der Waals surface area (Å²) >= 11 is 3.29. The van der Waals surface area contributed by atoms with E-state index in [0.717, 1.165) is 21.3 Å². The van der Waals surface area contributed by atoms with Gasteiger partial charge in [0.15, 0.2) is 0 Å². The lowest BCUT2D eigenvalue weighted by molar-refractivity contribution is 0.00578. The zero-order chi connectivity index (χ0) is 18.0. The van der Waals surface area contributed by atoms with Crippen LogP contribution in [0.3, 0.4) is 0 Å². The summed E-state index contributed by atoms with van der Waals surface area (Å²) in [6, 6.07) is 15.1. The van der Waals surface area contributed by atoms with Gasteiger partial charge in [-0.05, 0) is 69.6 Å². The van der Waals surface area contributed by atoms with Gasteiger partial charge < -0.3 is 20.8 Å². The van der Waals surface area contributed by atoms with Crippen molar-refractivity contribution in [3.63, 3.8) is 0 Å². The fraction of sp³-hybridized carbons (Fsp3) is 0.333. The minimum Gasteiger partial charge on any atom is -0.399 e. The highest BCUT2D eigenvalue weighted by Crippen LogP contribution is 2.36. The fourth-order valence-electron chi connectivity index (χ4n) is 2.10. The van der Waals surface area contributed by atoms with Gasteiger partial charge >= 0.3 is 7.12 Å². The fourth-order valence-corrected chi connectivity index (χ4v) is 2.36. The van der Waals surface area contributed by atoms with Crippen molar-refractivity contribution in [3.8, 4) is 0 Å². The van der Waals surface area contributed by atoms with E-state index in [-0.39, 0.29) is 18.3 Å². The van der Waals surface area contributed by atoms with Gasteiger partial charge in [0.05, 0.1) is 11.2 Å². The topological polar surface area (TPSA) is 70.5 Å². The van der Waals surface area contributed by atoms with Crippen LogP contribution >= 0.6 is 15.9 Å². The summed E-state index contributed by atoms with van der Waals surface area (Å²) in [5, 5.41) is 0.